The molecular weight excluding hydrogens is 500 g/mol. The molecule has 188 valence electrons. The first-order valence-electron chi connectivity index (χ1n) is 11.1. The summed E-state index contributed by atoms with van der Waals surface area (Å²) in [6.45, 7) is 2.02. The quantitative estimate of drug-likeness (QED) is 0.209. The summed E-state index contributed by atoms with van der Waals surface area (Å²) >= 11 is 5.87. The summed E-state index contributed by atoms with van der Waals surface area (Å²) in [5.41, 5.74) is 0.675. The third-order valence-electron chi connectivity index (χ3n) is 5.27. The Morgan fingerprint density at radius 1 is 1.00 bits per heavy atom. The molecule has 0 spiro atoms. The lowest BCUT2D eigenvalue weighted by Crippen LogP contribution is -2.54. The molecule has 1 aliphatic heterocycles. The van der Waals surface area contributed by atoms with Gasteiger partial charge in [-0.3, -0.25) is 14.9 Å². The highest BCUT2D eigenvalue weighted by Gasteiger charge is 2.37. The Bertz CT molecular complexity index is 1420. The van der Waals surface area contributed by atoms with Crippen molar-refractivity contribution >= 4 is 47.2 Å². The van der Waals surface area contributed by atoms with Crippen molar-refractivity contribution in [3.8, 4) is 17.2 Å². The standard InChI is InChI=1S/C27H21ClN2O7/c1-3-36-23-14-16(7-12-22(23)37-26(33)17-8-10-18(28)11-9-17)13-21-24(31)29-27(34)30(25(21)32)19-5-4-6-20(15-19)35-2/h4-15H,3H2,1-2H3,(H,29,31,34)/b21-13+. The van der Waals surface area contributed by atoms with E-state index in [1.54, 1.807) is 43.3 Å². The maximum Gasteiger partial charge on any atom is 0.343 e. The average Bonchev–Trinajstić information content (AvgIpc) is 2.88. The number of anilines is 1. The number of rotatable bonds is 7. The molecule has 1 heterocycles. The number of nitrogens with zero attached hydrogens (tertiary/aromatic N) is 1. The van der Waals surface area contributed by atoms with E-state index in [2.05, 4.69) is 5.32 Å². The van der Waals surface area contributed by atoms with E-state index in [1.807, 2.05) is 0 Å². The number of barbiturate groups is 1. The SMILES string of the molecule is CCOc1cc(/C=C2\C(=O)NC(=O)N(c3cccc(OC)c3)C2=O)ccc1OC(=O)c1ccc(Cl)cc1. The van der Waals surface area contributed by atoms with Crippen molar-refractivity contribution in [2.24, 2.45) is 0 Å². The molecule has 10 heteroatoms. The van der Waals surface area contributed by atoms with Crippen molar-refractivity contribution in [3.63, 3.8) is 0 Å². The van der Waals surface area contributed by atoms with Crippen LogP contribution >= 0.6 is 11.6 Å². The molecule has 0 unspecified atom stereocenters. The molecule has 0 aliphatic carbocycles. The number of carbonyl (C=O) groups excluding carboxylic acids is 4. The number of carbonyl (C=O) groups is 4. The molecule has 3 aromatic rings. The van der Waals surface area contributed by atoms with Gasteiger partial charge in [0.05, 0.1) is 25.0 Å². The van der Waals surface area contributed by atoms with Gasteiger partial charge in [0.1, 0.15) is 11.3 Å². The van der Waals surface area contributed by atoms with Gasteiger partial charge in [0.25, 0.3) is 11.8 Å². The van der Waals surface area contributed by atoms with Gasteiger partial charge in [0.15, 0.2) is 11.5 Å². The van der Waals surface area contributed by atoms with E-state index in [-0.39, 0.29) is 29.4 Å². The van der Waals surface area contributed by atoms with Gasteiger partial charge in [-0.15, -0.1) is 0 Å². The van der Waals surface area contributed by atoms with Crippen LogP contribution in [0.15, 0.2) is 72.3 Å². The van der Waals surface area contributed by atoms with E-state index in [1.165, 1.54) is 43.5 Å². The van der Waals surface area contributed by atoms with Gasteiger partial charge in [0, 0.05) is 11.1 Å². The predicted molar refractivity (Wildman–Crippen MR) is 136 cm³/mol. The molecular formula is C27H21ClN2O7. The van der Waals surface area contributed by atoms with Crippen molar-refractivity contribution in [1.29, 1.82) is 0 Å². The fraction of sp³-hybridized carbons (Fsp3) is 0.111. The number of ether oxygens (including phenoxy) is 3. The largest absolute Gasteiger partial charge is 0.497 e. The van der Waals surface area contributed by atoms with Crippen LogP contribution in [0.2, 0.25) is 5.02 Å². The summed E-state index contributed by atoms with van der Waals surface area (Å²) in [4.78, 5) is 51.6. The van der Waals surface area contributed by atoms with Crippen LogP contribution in [0.4, 0.5) is 10.5 Å². The lowest BCUT2D eigenvalue weighted by atomic mass is 10.1. The van der Waals surface area contributed by atoms with Crippen LogP contribution in [0.25, 0.3) is 6.08 Å². The van der Waals surface area contributed by atoms with Crippen molar-refractivity contribution in [3.05, 3.63) is 88.5 Å². The van der Waals surface area contributed by atoms with Crippen molar-refractivity contribution < 1.29 is 33.4 Å². The molecule has 4 rings (SSSR count). The fourth-order valence-corrected chi connectivity index (χ4v) is 3.65. The lowest BCUT2D eigenvalue weighted by molar-refractivity contribution is -0.122. The van der Waals surface area contributed by atoms with E-state index in [0.717, 1.165) is 4.90 Å². The highest BCUT2D eigenvalue weighted by atomic mass is 35.5. The van der Waals surface area contributed by atoms with Crippen LogP contribution in [0.1, 0.15) is 22.8 Å². The van der Waals surface area contributed by atoms with E-state index in [9.17, 15) is 19.2 Å². The average molecular weight is 521 g/mol. The number of hydrogen-bond donors (Lipinski definition) is 1. The van der Waals surface area contributed by atoms with Crippen LogP contribution in [0, 0.1) is 0 Å². The smallest absolute Gasteiger partial charge is 0.343 e. The monoisotopic (exact) mass is 520 g/mol. The molecule has 0 radical (unpaired) electrons. The highest BCUT2D eigenvalue weighted by Crippen LogP contribution is 2.31. The fourth-order valence-electron chi connectivity index (χ4n) is 3.52. The number of methoxy groups -OCH3 is 1. The van der Waals surface area contributed by atoms with Gasteiger partial charge in [-0.2, -0.15) is 0 Å². The third kappa shape index (κ3) is 5.62. The summed E-state index contributed by atoms with van der Waals surface area (Å²) in [5.74, 6) is -1.45. The molecule has 0 aromatic heterocycles. The van der Waals surface area contributed by atoms with Gasteiger partial charge in [-0.1, -0.05) is 23.7 Å². The van der Waals surface area contributed by atoms with Crippen LogP contribution in [0.5, 0.6) is 17.2 Å². The first-order chi connectivity index (χ1) is 17.8. The Kier molecular flexibility index (Phi) is 7.55. The Hall–Kier alpha value is -4.63. The molecule has 4 amide bonds. The predicted octanol–water partition coefficient (Wildman–Crippen LogP) is 4.63. The number of halogens is 1. The number of nitrogens with one attached hydrogen (secondary N) is 1. The highest BCUT2D eigenvalue weighted by molar-refractivity contribution is 6.39. The van der Waals surface area contributed by atoms with E-state index < -0.39 is 23.8 Å². The molecule has 1 aliphatic rings. The Morgan fingerprint density at radius 2 is 1.76 bits per heavy atom. The normalized spacial score (nSPS) is 14.4. The van der Waals surface area contributed by atoms with Gasteiger partial charge in [0.2, 0.25) is 0 Å². The zero-order valence-electron chi connectivity index (χ0n) is 19.8. The van der Waals surface area contributed by atoms with Crippen molar-refractivity contribution in [1.82, 2.24) is 5.32 Å². The Morgan fingerprint density at radius 3 is 2.46 bits per heavy atom. The number of imide groups is 2. The zero-order chi connectivity index (χ0) is 26.5. The zero-order valence-corrected chi connectivity index (χ0v) is 20.6. The molecule has 9 nitrogen and oxygen atoms in total. The Balaban J connectivity index is 1.64. The second-order valence-corrected chi connectivity index (χ2v) is 8.13. The summed E-state index contributed by atoms with van der Waals surface area (Å²) in [5, 5.41) is 2.66. The molecule has 0 bridgehead atoms. The van der Waals surface area contributed by atoms with Gasteiger partial charge >= 0.3 is 12.0 Å². The topological polar surface area (TPSA) is 111 Å². The van der Waals surface area contributed by atoms with Crippen molar-refractivity contribution in [2.45, 2.75) is 6.92 Å². The first kappa shape index (κ1) is 25.5. The molecule has 0 saturated carbocycles. The summed E-state index contributed by atoms with van der Waals surface area (Å²) in [6.07, 6.45) is 1.32. The molecule has 1 saturated heterocycles. The van der Waals surface area contributed by atoms with Crippen LogP contribution in [0.3, 0.4) is 0 Å². The van der Waals surface area contributed by atoms with E-state index in [4.69, 9.17) is 25.8 Å². The van der Waals surface area contributed by atoms with Crippen molar-refractivity contribution in [2.75, 3.05) is 18.6 Å². The first-order valence-corrected chi connectivity index (χ1v) is 11.5. The van der Waals surface area contributed by atoms with Gasteiger partial charge < -0.3 is 14.2 Å². The number of urea groups is 1. The summed E-state index contributed by atoms with van der Waals surface area (Å²) in [6, 6.07) is 16.2. The number of hydrogen-bond acceptors (Lipinski definition) is 7. The maximum atomic E-state index is 13.2. The van der Waals surface area contributed by atoms with Gasteiger partial charge in [-0.25, -0.2) is 14.5 Å². The molecule has 1 N–H and O–H groups in total. The lowest BCUT2D eigenvalue weighted by Gasteiger charge is -2.26. The number of amides is 4. The Labute approximate surface area is 217 Å². The molecule has 0 atom stereocenters. The maximum absolute atomic E-state index is 13.2. The minimum absolute atomic E-state index is 0.150. The molecule has 1 fully saturated rings. The second kappa shape index (κ2) is 11.0. The third-order valence-corrected chi connectivity index (χ3v) is 5.53. The van der Waals surface area contributed by atoms with Gasteiger partial charge in [-0.05, 0) is 67.1 Å². The van der Waals surface area contributed by atoms with E-state index >= 15 is 0 Å². The van der Waals surface area contributed by atoms with Crippen LogP contribution in [-0.2, 0) is 9.59 Å². The minimum atomic E-state index is -0.875. The number of esters is 1. The van der Waals surface area contributed by atoms with E-state index in [0.29, 0.717) is 21.9 Å². The molecule has 37 heavy (non-hydrogen) atoms. The van der Waals surface area contributed by atoms with Crippen LogP contribution in [-0.4, -0.2) is 37.5 Å². The number of benzene rings is 3. The minimum Gasteiger partial charge on any atom is -0.497 e. The second-order valence-electron chi connectivity index (χ2n) is 7.69. The molecule has 3 aromatic carbocycles. The van der Waals surface area contributed by atoms with Crippen LogP contribution < -0.4 is 24.4 Å². The summed E-state index contributed by atoms with van der Waals surface area (Å²) < 4.78 is 16.3. The summed E-state index contributed by atoms with van der Waals surface area (Å²) in [7, 11) is 1.46.